The molecular weight excluding hydrogens is 238 g/mol. The van der Waals surface area contributed by atoms with Gasteiger partial charge in [0, 0.05) is 6.61 Å². The Kier molecular flexibility index (Phi) is 7.04. The van der Waals surface area contributed by atoms with Gasteiger partial charge >= 0.3 is 12.1 Å². The molecule has 0 bridgehead atoms. The van der Waals surface area contributed by atoms with Crippen LogP contribution in [0, 0.1) is 0 Å². The van der Waals surface area contributed by atoms with E-state index in [0.29, 0.717) is 19.6 Å². The van der Waals surface area contributed by atoms with Crippen LogP contribution < -0.4 is 5.32 Å². The lowest BCUT2D eigenvalue weighted by Gasteiger charge is -2.19. The second-order valence-corrected chi connectivity index (χ2v) is 4.54. The summed E-state index contributed by atoms with van der Waals surface area (Å²) in [5.74, 6) is -1.21. The lowest BCUT2D eigenvalue weighted by atomic mass is 10.2. The van der Waals surface area contributed by atoms with Gasteiger partial charge in [-0.25, -0.2) is 9.59 Å². The number of rotatable bonds is 6. The van der Waals surface area contributed by atoms with E-state index < -0.39 is 17.7 Å². The molecule has 0 radical (unpaired) electrons. The number of carbonyl (C=O) groups is 2. The third-order valence-electron chi connectivity index (χ3n) is 1.68. The molecule has 0 aliphatic carbocycles. The van der Waals surface area contributed by atoms with Crippen LogP contribution in [-0.4, -0.2) is 36.0 Å². The number of hydrogen-bond acceptors (Lipinski definition) is 4. The van der Waals surface area contributed by atoms with Gasteiger partial charge in [-0.1, -0.05) is 6.08 Å². The molecule has 0 fully saturated rings. The fraction of sp³-hybridized carbons (Fsp3) is 0.667. The first-order chi connectivity index (χ1) is 8.26. The van der Waals surface area contributed by atoms with Crippen molar-refractivity contribution in [3.63, 3.8) is 0 Å². The summed E-state index contributed by atoms with van der Waals surface area (Å²) in [7, 11) is 0. The van der Waals surface area contributed by atoms with E-state index in [1.165, 1.54) is 6.08 Å². The zero-order valence-corrected chi connectivity index (χ0v) is 11.3. The number of carboxylic acids is 1. The Bertz CT molecular complexity index is 317. The normalized spacial score (nSPS) is 12.1. The molecule has 2 N–H and O–H groups in total. The molecule has 0 atom stereocenters. The number of carbonyl (C=O) groups excluding carboxylic acids is 1. The number of amides is 1. The molecule has 6 heteroatoms. The SMILES string of the molecule is CCOCCC=C(NC(=O)OC(C)(C)C)C(=O)O. The van der Waals surface area contributed by atoms with Crippen molar-refractivity contribution in [1.29, 1.82) is 0 Å². The van der Waals surface area contributed by atoms with E-state index in [1.54, 1.807) is 20.8 Å². The minimum atomic E-state index is -1.21. The van der Waals surface area contributed by atoms with Gasteiger partial charge in [-0.15, -0.1) is 0 Å². The van der Waals surface area contributed by atoms with Gasteiger partial charge in [0.2, 0.25) is 0 Å². The third kappa shape index (κ3) is 8.58. The van der Waals surface area contributed by atoms with Gasteiger partial charge in [0.05, 0.1) is 6.61 Å². The Hall–Kier alpha value is -1.56. The van der Waals surface area contributed by atoms with Gasteiger partial charge < -0.3 is 14.6 Å². The molecule has 6 nitrogen and oxygen atoms in total. The number of hydrogen-bond donors (Lipinski definition) is 2. The number of alkyl carbamates (subject to hydrolysis) is 1. The summed E-state index contributed by atoms with van der Waals surface area (Å²) in [5, 5.41) is 11.1. The largest absolute Gasteiger partial charge is 0.477 e. The molecule has 0 spiro atoms. The monoisotopic (exact) mass is 259 g/mol. The lowest BCUT2D eigenvalue weighted by Crippen LogP contribution is -2.34. The summed E-state index contributed by atoms with van der Waals surface area (Å²) in [4.78, 5) is 22.3. The summed E-state index contributed by atoms with van der Waals surface area (Å²) in [6.07, 6.45) is 1.01. The molecular formula is C12H21NO5. The molecule has 104 valence electrons. The fourth-order valence-corrected chi connectivity index (χ4v) is 1.04. The molecule has 0 aromatic carbocycles. The highest BCUT2D eigenvalue weighted by Gasteiger charge is 2.18. The smallest absolute Gasteiger partial charge is 0.412 e. The van der Waals surface area contributed by atoms with Crippen LogP contribution >= 0.6 is 0 Å². The first-order valence-electron chi connectivity index (χ1n) is 5.77. The molecule has 1 amide bonds. The standard InChI is InChI=1S/C12H21NO5/c1-5-17-8-6-7-9(10(14)15)13-11(16)18-12(2,3)4/h7H,5-6,8H2,1-4H3,(H,13,16)(H,14,15). The van der Waals surface area contributed by atoms with Crippen LogP contribution in [0.2, 0.25) is 0 Å². The molecule has 0 saturated carbocycles. The Morgan fingerprint density at radius 3 is 2.39 bits per heavy atom. The highest BCUT2D eigenvalue weighted by Crippen LogP contribution is 2.07. The predicted octanol–water partition coefficient (Wildman–Crippen LogP) is 1.91. The number of ether oxygens (including phenoxy) is 2. The van der Waals surface area contributed by atoms with Gasteiger partial charge in [0.1, 0.15) is 11.3 Å². The maximum absolute atomic E-state index is 11.4. The van der Waals surface area contributed by atoms with Crippen LogP contribution in [0.5, 0.6) is 0 Å². The summed E-state index contributed by atoms with van der Waals surface area (Å²) < 4.78 is 10.0. The highest BCUT2D eigenvalue weighted by molar-refractivity contribution is 5.90. The average molecular weight is 259 g/mol. The quantitative estimate of drug-likeness (QED) is 0.562. The molecule has 0 aliphatic rings. The van der Waals surface area contributed by atoms with Gasteiger partial charge in [0.25, 0.3) is 0 Å². The zero-order valence-electron chi connectivity index (χ0n) is 11.3. The molecule has 0 aromatic rings. The molecule has 0 heterocycles. The Morgan fingerprint density at radius 2 is 1.94 bits per heavy atom. The molecule has 0 unspecified atom stereocenters. The molecule has 0 rings (SSSR count). The second-order valence-electron chi connectivity index (χ2n) is 4.54. The summed E-state index contributed by atoms with van der Waals surface area (Å²) in [6.45, 7) is 7.92. The van der Waals surface area contributed by atoms with Crippen molar-refractivity contribution in [2.45, 2.75) is 39.7 Å². The molecule has 0 aliphatic heterocycles. The summed E-state index contributed by atoms with van der Waals surface area (Å²) in [5.41, 5.74) is -0.872. The van der Waals surface area contributed by atoms with Gasteiger partial charge in [-0.3, -0.25) is 5.32 Å². The highest BCUT2D eigenvalue weighted by atomic mass is 16.6. The van der Waals surface area contributed by atoms with Crippen LogP contribution in [0.3, 0.4) is 0 Å². The first-order valence-corrected chi connectivity index (χ1v) is 5.77. The topological polar surface area (TPSA) is 84.9 Å². The molecule has 0 saturated heterocycles. The van der Waals surface area contributed by atoms with Crippen molar-refractivity contribution in [3.05, 3.63) is 11.8 Å². The van der Waals surface area contributed by atoms with E-state index in [1.807, 2.05) is 6.92 Å². The molecule has 18 heavy (non-hydrogen) atoms. The van der Waals surface area contributed by atoms with E-state index in [9.17, 15) is 9.59 Å². The van der Waals surface area contributed by atoms with Crippen LogP contribution in [-0.2, 0) is 14.3 Å². The van der Waals surface area contributed by atoms with Crippen LogP contribution in [0.4, 0.5) is 4.79 Å². The van der Waals surface area contributed by atoms with Crippen molar-refractivity contribution in [1.82, 2.24) is 5.32 Å². The maximum atomic E-state index is 11.4. The second kappa shape index (κ2) is 7.71. The van der Waals surface area contributed by atoms with Crippen molar-refractivity contribution < 1.29 is 24.2 Å². The van der Waals surface area contributed by atoms with Crippen molar-refractivity contribution >= 4 is 12.1 Å². The van der Waals surface area contributed by atoms with E-state index in [2.05, 4.69) is 5.32 Å². The molecule has 0 aromatic heterocycles. The van der Waals surface area contributed by atoms with Crippen molar-refractivity contribution in [3.8, 4) is 0 Å². The van der Waals surface area contributed by atoms with Crippen LogP contribution in [0.25, 0.3) is 0 Å². The minimum Gasteiger partial charge on any atom is -0.477 e. The van der Waals surface area contributed by atoms with Crippen molar-refractivity contribution in [2.75, 3.05) is 13.2 Å². The van der Waals surface area contributed by atoms with E-state index in [4.69, 9.17) is 14.6 Å². The van der Waals surface area contributed by atoms with E-state index in [-0.39, 0.29) is 5.70 Å². The minimum absolute atomic E-state index is 0.205. The summed E-state index contributed by atoms with van der Waals surface area (Å²) in [6, 6.07) is 0. The number of aliphatic carboxylic acids is 1. The summed E-state index contributed by atoms with van der Waals surface area (Å²) >= 11 is 0. The Morgan fingerprint density at radius 1 is 1.33 bits per heavy atom. The van der Waals surface area contributed by atoms with Gasteiger partial charge in [-0.2, -0.15) is 0 Å². The maximum Gasteiger partial charge on any atom is 0.412 e. The average Bonchev–Trinajstić information content (AvgIpc) is 2.19. The van der Waals surface area contributed by atoms with E-state index >= 15 is 0 Å². The fourth-order valence-electron chi connectivity index (χ4n) is 1.04. The first kappa shape index (κ1) is 16.4. The van der Waals surface area contributed by atoms with Crippen molar-refractivity contribution in [2.24, 2.45) is 0 Å². The van der Waals surface area contributed by atoms with E-state index in [0.717, 1.165) is 0 Å². The van der Waals surface area contributed by atoms with Crippen LogP contribution in [0.1, 0.15) is 34.1 Å². The number of nitrogens with one attached hydrogen (secondary N) is 1. The third-order valence-corrected chi connectivity index (χ3v) is 1.68. The Labute approximate surface area is 107 Å². The Balaban J connectivity index is 4.36. The van der Waals surface area contributed by atoms with Gasteiger partial charge in [-0.05, 0) is 34.1 Å². The lowest BCUT2D eigenvalue weighted by molar-refractivity contribution is -0.133. The predicted molar refractivity (Wildman–Crippen MR) is 66.2 cm³/mol. The number of carboxylic acid groups (broad SMARTS) is 1. The zero-order chi connectivity index (χ0) is 14.2. The van der Waals surface area contributed by atoms with Gasteiger partial charge in [0.15, 0.2) is 0 Å². The van der Waals surface area contributed by atoms with Crippen LogP contribution in [0.15, 0.2) is 11.8 Å².